The highest BCUT2D eigenvalue weighted by molar-refractivity contribution is 5.76. The molecule has 1 aromatic heterocycles. The molecular formula is C19H23N5O4. The Morgan fingerprint density at radius 1 is 1.43 bits per heavy atom. The lowest BCUT2D eigenvalue weighted by Gasteiger charge is -2.32. The number of methoxy groups -OCH3 is 1. The number of H-pyrrole nitrogens is 2. The number of hydrogen-bond acceptors (Lipinski definition) is 6. The van der Waals surface area contributed by atoms with E-state index in [0.29, 0.717) is 48.9 Å². The molecule has 1 aliphatic rings. The Kier molecular flexibility index (Phi) is 6.32. The quantitative estimate of drug-likeness (QED) is 0.739. The van der Waals surface area contributed by atoms with Crippen LogP contribution in [0.25, 0.3) is 0 Å². The highest BCUT2D eigenvalue weighted by Gasteiger charge is 2.24. The van der Waals surface area contributed by atoms with Crippen LogP contribution in [0.4, 0.5) is 0 Å². The summed E-state index contributed by atoms with van der Waals surface area (Å²) in [6.45, 7) is 1.83. The number of piperidine rings is 1. The third-order valence-electron chi connectivity index (χ3n) is 4.76. The van der Waals surface area contributed by atoms with Gasteiger partial charge in [0.2, 0.25) is 5.91 Å². The molecule has 1 amide bonds. The smallest absolute Gasteiger partial charge is 0.340 e. The molecule has 0 radical (unpaired) electrons. The zero-order chi connectivity index (χ0) is 19.9. The number of likely N-dealkylation sites (tertiary alicyclic amines) is 1. The van der Waals surface area contributed by atoms with Crippen LogP contribution >= 0.6 is 0 Å². The van der Waals surface area contributed by atoms with Gasteiger partial charge in [0.25, 0.3) is 0 Å². The lowest BCUT2D eigenvalue weighted by atomic mass is 9.98. The molecule has 9 heteroatoms. The predicted molar refractivity (Wildman–Crippen MR) is 100 cm³/mol. The first-order valence-electron chi connectivity index (χ1n) is 9.21. The Labute approximate surface area is 162 Å². The van der Waals surface area contributed by atoms with E-state index in [0.717, 1.165) is 19.4 Å². The van der Waals surface area contributed by atoms with Gasteiger partial charge in [0.15, 0.2) is 11.5 Å². The summed E-state index contributed by atoms with van der Waals surface area (Å²) in [6.07, 6.45) is 2.61. The predicted octanol–water partition coefficient (Wildman–Crippen LogP) is 1.23. The zero-order valence-corrected chi connectivity index (χ0v) is 15.7. The van der Waals surface area contributed by atoms with Gasteiger partial charge in [-0.3, -0.25) is 9.78 Å². The number of carbonyl (C=O) groups is 1. The van der Waals surface area contributed by atoms with E-state index in [-0.39, 0.29) is 17.5 Å². The summed E-state index contributed by atoms with van der Waals surface area (Å²) in [4.78, 5) is 27.9. The van der Waals surface area contributed by atoms with Crippen LogP contribution in [-0.4, -0.2) is 52.8 Å². The van der Waals surface area contributed by atoms with Crippen LogP contribution in [0, 0.1) is 17.2 Å². The number of aromatic nitrogens is 3. The molecule has 1 saturated heterocycles. The Balaban J connectivity index is 1.51. The molecule has 0 spiro atoms. The minimum absolute atomic E-state index is 0.0458. The van der Waals surface area contributed by atoms with Gasteiger partial charge in [-0.1, -0.05) is 0 Å². The van der Waals surface area contributed by atoms with Crippen molar-refractivity contribution >= 4 is 5.91 Å². The number of rotatable bonds is 7. The summed E-state index contributed by atoms with van der Waals surface area (Å²) in [5.41, 5.74) is 0.146. The summed E-state index contributed by atoms with van der Waals surface area (Å²) < 4.78 is 11.2. The SMILES string of the molecule is COc1cc(C#N)ccc1OCC1CCCN(C(=O)CCc2n[nH]c(=O)[nH]2)C1. The van der Waals surface area contributed by atoms with Crippen molar-refractivity contribution in [3.05, 3.63) is 40.1 Å². The van der Waals surface area contributed by atoms with E-state index in [4.69, 9.17) is 14.7 Å². The third-order valence-corrected chi connectivity index (χ3v) is 4.76. The van der Waals surface area contributed by atoms with E-state index in [2.05, 4.69) is 21.3 Å². The first-order chi connectivity index (χ1) is 13.6. The first-order valence-corrected chi connectivity index (χ1v) is 9.21. The molecule has 2 N–H and O–H groups in total. The van der Waals surface area contributed by atoms with Gasteiger partial charge < -0.3 is 14.4 Å². The fourth-order valence-corrected chi connectivity index (χ4v) is 3.30. The standard InChI is InChI=1S/C19H23N5O4/c1-27-16-9-13(10-20)4-5-15(16)28-12-14-3-2-8-24(11-14)18(25)7-6-17-21-19(26)23-22-17/h4-5,9,14H,2-3,6-8,11-12H2,1H3,(H2,21,22,23,26). The summed E-state index contributed by atoms with van der Waals surface area (Å²) >= 11 is 0. The number of benzene rings is 1. The van der Waals surface area contributed by atoms with Gasteiger partial charge in [0.1, 0.15) is 5.82 Å². The van der Waals surface area contributed by atoms with Gasteiger partial charge in [-0.25, -0.2) is 9.89 Å². The molecule has 0 saturated carbocycles. The van der Waals surface area contributed by atoms with Gasteiger partial charge in [0, 0.05) is 37.9 Å². The monoisotopic (exact) mass is 385 g/mol. The Bertz CT molecular complexity index is 914. The highest BCUT2D eigenvalue weighted by atomic mass is 16.5. The Morgan fingerprint density at radius 2 is 2.29 bits per heavy atom. The van der Waals surface area contributed by atoms with Gasteiger partial charge in [-0.2, -0.15) is 10.4 Å². The molecule has 0 aliphatic carbocycles. The molecule has 1 unspecified atom stereocenters. The summed E-state index contributed by atoms with van der Waals surface area (Å²) in [6, 6.07) is 7.13. The molecule has 1 fully saturated rings. The maximum Gasteiger partial charge on any atom is 0.340 e. The van der Waals surface area contributed by atoms with E-state index in [1.54, 1.807) is 18.2 Å². The molecule has 1 aromatic carbocycles. The minimum Gasteiger partial charge on any atom is -0.493 e. The van der Waals surface area contributed by atoms with Crippen LogP contribution in [0.2, 0.25) is 0 Å². The molecule has 1 aliphatic heterocycles. The number of nitriles is 1. The van der Waals surface area contributed by atoms with E-state index >= 15 is 0 Å². The van der Waals surface area contributed by atoms with Crippen molar-refractivity contribution in [1.29, 1.82) is 5.26 Å². The van der Waals surface area contributed by atoms with Crippen molar-refractivity contribution in [2.45, 2.75) is 25.7 Å². The second-order valence-corrected chi connectivity index (χ2v) is 6.76. The summed E-state index contributed by atoms with van der Waals surface area (Å²) in [5, 5.41) is 15.1. The number of nitrogens with one attached hydrogen (secondary N) is 2. The Morgan fingerprint density at radius 3 is 3.00 bits per heavy atom. The second kappa shape index (κ2) is 9.08. The first kappa shape index (κ1) is 19.5. The number of carbonyl (C=O) groups excluding carboxylic acids is 1. The van der Waals surface area contributed by atoms with Crippen LogP contribution in [0.3, 0.4) is 0 Å². The Hall–Kier alpha value is -3.28. The van der Waals surface area contributed by atoms with Crippen LogP contribution in [0.5, 0.6) is 11.5 Å². The molecule has 9 nitrogen and oxygen atoms in total. The zero-order valence-electron chi connectivity index (χ0n) is 15.7. The van der Waals surface area contributed by atoms with E-state index in [1.807, 2.05) is 4.90 Å². The van der Waals surface area contributed by atoms with Crippen molar-refractivity contribution < 1.29 is 14.3 Å². The molecule has 148 valence electrons. The van der Waals surface area contributed by atoms with Gasteiger partial charge in [-0.05, 0) is 25.0 Å². The fraction of sp³-hybridized carbons (Fsp3) is 0.474. The lowest BCUT2D eigenvalue weighted by molar-refractivity contribution is -0.133. The van der Waals surface area contributed by atoms with Crippen molar-refractivity contribution in [2.75, 3.05) is 26.8 Å². The minimum atomic E-state index is -0.365. The van der Waals surface area contributed by atoms with Crippen LogP contribution in [0.15, 0.2) is 23.0 Å². The normalized spacial score (nSPS) is 16.4. The molecule has 1 atom stereocenters. The van der Waals surface area contributed by atoms with Crippen molar-refractivity contribution in [1.82, 2.24) is 20.1 Å². The van der Waals surface area contributed by atoms with Gasteiger partial charge >= 0.3 is 5.69 Å². The molecule has 2 aromatic rings. The van der Waals surface area contributed by atoms with E-state index < -0.39 is 0 Å². The number of amides is 1. The number of hydrogen-bond donors (Lipinski definition) is 2. The largest absolute Gasteiger partial charge is 0.493 e. The number of ether oxygens (including phenoxy) is 2. The summed E-state index contributed by atoms with van der Waals surface area (Å²) in [5.74, 6) is 1.87. The van der Waals surface area contributed by atoms with Crippen molar-refractivity contribution in [3.8, 4) is 17.6 Å². The average molecular weight is 385 g/mol. The third kappa shape index (κ3) is 4.91. The van der Waals surface area contributed by atoms with Crippen LogP contribution in [0.1, 0.15) is 30.7 Å². The van der Waals surface area contributed by atoms with Gasteiger partial charge in [-0.15, -0.1) is 0 Å². The fourth-order valence-electron chi connectivity index (χ4n) is 3.30. The van der Waals surface area contributed by atoms with Crippen LogP contribution in [-0.2, 0) is 11.2 Å². The average Bonchev–Trinajstić information content (AvgIpc) is 3.15. The number of aromatic amines is 2. The maximum atomic E-state index is 12.5. The summed E-state index contributed by atoms with van der Waals surface area (Å²) in [7, 11) is 1.54. The molecule has 28 heavy (non-hydrogen) atoms. The number of nitrogens with zero attached hydrogens (tertiary/aromatic N) is 3. The second-order valence-electron chi connectivity index (χ2n) is 6.76. The topological polar surface area (TPSA) is 124 Å². The van der Waals surface area contributed by atoms with E-state index in [9.17, 15) is 9.59 Å². The molecular weight excluding hydrogens is 362 g/mol. The molecule has 3 rings (SSSR count). The van der Waals surface area contributed by atoms with Crippen molar-refractivity contribution in [2.24, 2.45) is 5.92 Å². The van der Waals surface area contributed by atoms with Crippen LogP contribution < -0.4 is 15.2 Å². The van der Waals surface area contributed by atoms with Crippen molar-refractivity contribution in [3.63, 3.8) is 0 Å². The molecule has 0 bridgehead atoms. The molecule has 2 heterocycles. The number of aryl methyl sites for hydroxylation is 1. The lowest BCUT2D eigenvalue weighted by Crippen LogP contribution is -2.41. The highest BCUT2D eigenvalue weighted by Crippen LogP contribution is 2.29. The van der Waals surface area contributed by atoms with Gasteiger partial charge in [0.05, 0.1) is 25.3 Å². The maximum absolute atomic E-state index is 12.5. The van der Waals surface area contributed by atoms with E-state index in [1.165, 1.54) is 7.11 Å².